The van der Waals surface area contributed by atoms with Crippen molar-refractivity contribution in [1.29, 1.82) is 0 Å². The normalized spacial score (nSPS) is 10.5. The van der Waals surface area contributed by atoms with Crippen LogP contribution in [0.3, 0.4) is 0 Å². The van der Waals surface area contributed by atoms with Crippen molar-refractivity contribution in [1.82, 2.24) is 10.2 Å². The van der Waals surface area contributed by atoms with Crippen LogP contribution < -0.4 is 4.74 Å². The van der Waals surface area contributed by atoms with Crippen LogP contribution in [0.4, 0.5) is 0 Å². The summed E-state index contributed by atoms with van der Waals surface area (Å²) >= 11 is 0. The highest BCUT2D eigenvalue weighted by molar-refractivity contribution is 5.66. The SMILES string of the molecule is COCCOc1c[c]cc(-c2c[nH]nc2C)c1. The summed E-state index contributed by atoms with van der Waals surface area (Å²) in [4.78, 5) is 0. The summed E-state index contributed by atoms with van der Waals surface area (Å²) in [5, 5.41) is 6.94. The van der Waals surface area contributed by atoms with Gasteiger partial charge in [-0.25, -0.2) is 0 Å². The summed E-state index contributed by atoms with van der Waals surface area (Å²) in [6.45, 7) is 3.08. The number of hydrogen-bond acceptors (Lipinski definition) is 3. The molecule has 1 radical (unpaired) electrons. The minimum atomic E-state index is 0.540. The molecule has 0 saturated heterocycles. The molecule has 1 heterocycles. The molecule has 0 aliphatic heterocycles. The second kappa shape index (κ2) is 5.50. The van der Waals surface area contributed by atoms with Gasteiger partial charge in [0.1, 0.15) is 12.4 Å². The molecule has 1 aromatic carbocycles. The van der Waals surface area contributed by atoms with Gasteiger partial charge in [-0.3, -0.25) is 5.10 Å². The van der Waals surface area contributed by atoms with Crippen molar-refractivity contribution < 1.29 is 9.47 Å². The zero-order valence-corrected chi connectivity index (χ0v) is 9.99. The molecule has 0 spiro atoms. The molecule has 0 aliphatic rings. The van der Waals surface area contributed by atoms with E-state index < -0.39 is 0 Å². The molecule has 2 aromatic rings. The van der Waals surface area contributed by atoms with Gasteiger partial charge in [-0.15, -0.1) is 0 Å². The number of aromatic amines is 1. The summed E-state index contributed by atoms with van der Waals surface area (Å²) < 4.78 is 10.5. The van der Waals surface area contributed by atoms with E-state index in [4.69, 9.17) is 9.47 Å². The van der Waals surface area contributed by atoms with E-state index in [9.17, 15) is 0 Å². The minimum absolute atomic E-state index is 0.540. The fourth-order valence-electron chi connectivity index (χ4n) is 1.58. The molecule has 0 fully saturated rings. The lowest BCUT2D eigenvalue weighted by molar-refractivity contribution is 0.146. The topological polar surface area (TPSA) is 47.1 Å². The van der Waals surface area contributed by atoms with Crippen molar-refractivity contribution in [2.24, 2.45) is 0 Å². The molecule has 0 bridgehead atoms. The highest BCUT2D eigenvalue weighted by atomic mass is 16.5. The number of benzene rings is 1. The second-order valence-electron chi connectivity index (χ2n) is 3.68. The van der Waals surface area contributed by atoms with Gasteiger partial charge in [0.25, 0.3) is 0 Å². The molecule has 0 atom stereocenters. The Labute approximate surface area is 101 Å². The van der Waals surface area contributed by atoms with Crippen molar-refractivity contribution in [2.75, 3.05) is 20.3 Å². The molecule has 0 aliphatic carbocycles. The lowest BCUT2D eigenvalue weighted by Crippen LogP contribution is -2.04. The van der Waals surface area contributed by atoms with Gasteiger partial charge in [0.2, 0.25) is 0 Å². The van der Waals surface area contributed by atoms with Crippen molar-refractivity contribution >= 4 is 0 Å². The number of nitrogens with zero attached hydrogens (tertiary/aromatic N) is 1. The maximum atomic E-state index is 5.54. The quantitative estimate of drug-likeness (QED) is 0.802. The summed E-state index contributed by atoms with van der Waals surface area (Å²) in [6, 6.07) is 8.77. The fourth-order valence-corrected chi connectivity index (χ4v) is 1.58. The average Bonchev–Trinajstić information content (AvgIpc) is 2.76. The van der Waals surface area contributed by atoms with Crippen molar-refractivity contribution in [3.8, 4) is 16.9 Å². The maximum Gasteiger partial charge on any atom is 0.120 e. The lowest BCUT2D eigenvalue weighted by Gasteiger charge is -2.06. The smallest absolute Gasteiger partial charge is 0.120 e. The van der Waals surface area contributed by atoms with Crippen LogP contribution in [0.25, 0.3) is 11.1 Å². The van der Waals surface area contributed by atoms with Crippen LogP contribution in [-0.4, -0.2) is 30.5 Å². The molecule has 0 saturated carbocycles. The Kier molecular flexibility index (Phi) is 3.77. The fraction of sp³-hybridized carbons (Fsp3) is 0.308. The number of nitrogens with one attached hydrogen (secondary N) is 1. The molecule has 4 heteroatoms. The summed E-state index contributed by atoms with van der Waals surface area (Å²) in [5.41, 5.74) is 3.08. The average molecular weight is 231 g/mol. The third-order valence-corrected chi connectivity index (χ3v) is 2.46. The Bertz CT molecular complexity index is 480. The van der Waals surface area contributed by atoms with Gasteiger partial charge in [-0.05, 0) is 36.8 Å². The molecule has 0 unspecified atom stereocenters. The highest BCUT2D eigenvalue weighted by Crippen LogP contribution is 2.24. The zero-order chi connectivity index (χ0) is 12.1. The van der Waals surface area contributed by atoms with Crippen LogP contribution in [-0.2, 0) is 4.74 Å². The van der Waals surface area contributed by atoms with Gasteiger partial charge in [0.15, 0.2) is 0 Å². The van der Waals surface area contributed by atoms with Crippen LogP contribution in [0.15, 0.2) is 24.4 Å². The number of ether oxygens (including phenoxy) is 2. The van der Waals surface area contributed by atoms with E-state index in [-0.39, 0.29) is 0 Å². The minimum Gasteiger partial charge on any atom is -0.491 e. The van der Waals surface area contributed by atoms with Gasteiger partial charge in [-0.2, -0.15) is 5.10 Å². The molecule has 0 amide bonds. The van der Waals surface area contributed by atoms with E-state index in [0.717, 1.165) is 22.6 Å². The van der Waals surface area contributed by atoms with E-state index in [1.54, 1.807) is 7.11 Å². The maximum absolute atomic E-state index is 5.54. The Morgan fingerprint density at radius 2 is 2.24 bits per heavy atom. The molecular formula is C13H15N2O2. The third-order valence-electron chi connectivity index (χ3n) is 2.46. The summed E-state index contributed by atoms with van der Waals surface area (Å²) in [5.74, 6) is 0.792. The summed E-state index contributed by atoms with van der Waals surface area (Å²) in [7, 11) is 1.65. The first-order chi connectivity index (χ1) is 8.31. The Balaban J connectivity index is 2.14. The zero-order valence-electron chi connectivity index (χ0n) is 9.99. The van der Waals surface area contributed by atoms with E-state index in [1.165, 1.54) is 0 Å². The van der Waals surface area contributed by atoms with Crippen LogP contribution in [0.2, 0.25) is 0 Å². The lowest BCUT2D eigenvalue weighted by atomic mass is 10.1. The van der Waals surface area contributed by atoms with Crippen LogP contribution >= 0.6 is 0 Å². The largest absolute Gasteiger partial charge is 0.491 e. The predicted octanol–water partition coefficient (Wildman–Crippen LogP) is 2.21. The molecule has 89 valence electrons. The van der Waals surface area contributed by atoms with E-state index >= 15 is 0 Å². The van der Waals surface area contributed by atoms with Gasteiger partial charge in [0, 0.05) is 18.9 Å². The predicted molar refractivity (Wildman–Crippen MR) is 65.0 cm³/mol. The first-order valence-corrected chi connectivity index (χ1v) is 5.45. The van der Waals surface area contributed by atoms with Crippen molar-refractivity contribution in [3.63, 3.8) is 0 Å². The van der Waals surface area contributed by atoms with Crippen molar-refractivity contribution in [3.05, 3.63) is 36.2 Å². The number of aryl methyl sites for hydroxylation is 1. The molecule has 1 N–H and O–H groups in total. The molecule has 2 rings (SSSR count). The Morgan fingerprint density at radius 3 is 2.94 bits per heavy atom. The number of hydrogen-bond donors (Lipinski definition) is 1. The highest BCUT2D eigenvalue weighted by Gasteiger charge is 2.05. The van der Waals surface area contributed by atoms with Crippen LogP contribution in [0.5, 0.6) is 5.75 Å². The van der Waals surface area contributed by atoms with Gasteiger partial charge in [0.05, 0.1) is 12.3 Å². The monoisotopic (exact) mass is 231 g/mol. The standard InChI is InChI=1S/C13H15N2O2/c1-10-13(9-14-15-10)11-4-3-5-12(8-11)17-7-6-16-2/h4-5,8-9H,6-7H2,1-2H3,(H,14,15). The van der Waals surface area contributed by atoms with Crippen molar-refractivity contribution in [2.45, 2.75) is 6.92 Å². The van der Waals surface area contributed by atoms with E-state index in [0.29, 0.717) is 13.2 Å². The Hall–Kier alpha value is -1.81. The number of rotatable bonds is 5. The number of methoxy groups -OCH3 is 1. The van der Waals surface area contributed by atoms with E-state index in [1.807, 2.05) is 31.3 Å². The first-order valence-electron chi connectivity index (χ1n) is 5.45. The third kappa shape index (κ3) is 2.85. The molecule has 1 aromatic heterocycles. The molecular weight excluding hydrogens is 216 g/mol. The van der Waals surface area contributed by atoms with Gasteiger partial charge in [-0.1, -0.05) is 0 Å². The van der Waals surface area contributed by atoms with Crippen LogP contribution in [0.1, 0.15) is 5.69 Å². The second-order valence-corrected chi connectivity index (χ2v) is 3.68. The van der Waals surface area contributed by atoms with E-state index in [2.05, 4.69) is 16.3 Å². The number of aromatic nitrogens is 2. The van der Waals surface area contributed by atoms with Gasteiger partial charge < -0.3 is 9.47 Å². The number of H-pyrrole nitrogens is 1. The molecule has 17 heavy (non-hydrogen) atoms. The van der Waals surface area contributed by atoms with Gasteiger partial charge >= 0.3 is 0 Å². The Morgan fingerprint density at radius 1 is 1.35 bits per heavy atom. The summed E-state index contributed by atoms with van der Waals surface area (Å²) in [6.07, 6.45) is 1.87. The first kappa shape index (κ1) is 11.7. The van der Waals surface area contributed by atoms with Crippen LogP contribution in [0, 0.1) is 13.0 Å². The molecule has 4 nitrogen and oxygen atoms in total.